The minimum atomic E-state index is -0.561. The molecule has 0 radical (unpaired) electrons. The molecule has 2 aromatic rings. The number of rotatable bonds is 15. The predicted octanol–water partition coefficient (Wildman–Crippen LogP) is 6.58. The number of unbranched alkanes of at least 4 members (excludes halogenated alkanes) is 7. The maximum Gasteiger partial charge on any atom is 0.338 e. The normalized spacial score (nSPS) is 10.5. The van der Waals surface area contributed by atoms with Crippen molar-refractivity contribution in [2.45, 2.75) is 51.4 Å². The summed E-state index contributed by atoms with van der Waals surface area (Å²) >= 11 is 10.8. The molecule has 0 amide bonds. The zero-order chi connectivity index (χ0) is 24.8. The van der Waals surface area contributed by atoms with E-state index in [-0.39, 0.29) is 0 Å². The monoisotopic (exact) mass is 506 g/mol. The molecule has 0 bridgehead atoms. The van der Waals surface area contributed by atoms with Gasteiger partial charge in [0.2, 0.25) is 0 Å². The second-order valence-corrected chi connectivity index (χ2v) is 8.49. The maximum atomic E-state index is 12.0. The van der Waals surface area contributed by atoms with E-state index < -0.39 is 22.4 Å². The zero-order valence-electron chi connectivity index (χ0n) is 18.9. The molecule has 0 aliphatic carbocycles. The second-order valence-electron chi connectivity index (χ2n) is 7.80. The first-order chi connectivity index (χ1) is 16.4. The quantitative estimate of drug-likeness (QED) is 0.154. The predicted molar refractivity (Wildman–Crippen MR) is 131 cm³/mol. The fourth-order valence-corrected chi connectivity index (χ4v) is 3.49. The van der Waals surface area contributed by atoms with Gasteiger partial charge in [-0.15, -0.1) is 0 Å². The Morgan fingerprint density at radius 2 is 0.735 bits per heavy atom. The van der Waals surface area contributed by atoms with E-state index in [1.165, 1.54) is 48.5 Å². The smallest absolute Gasteiger partial charge is 0.338 e. The largest absolute Gasteiger partial charge is 0.462 e. The van der Waals surface area contributed by atoms with E-state index >= 15 is 0 Å². The van der Waals surface area contributed by atoms with E-state index in [2.05, 4.69) is 0 Å². The van der Waals surface area contributed by atoms with Crippen LogP contribution < -0.4 is 0 Å². The molecule has 0 spiro atoms. The molecule has 0 N–H and O–H groups in total. The standard InChI is InChI=1S/C26H28Cl2O6/c27-23(29)19-9-13-21(14-10-19)25(31)33-17-7-5-3-1-2-4-6-8-18-34-26(32)22-15-11-20(12-16-22)24(28)30/h9-16H,1-8,17-18H2. The summed E-state index contributed by atoms with van der Waals surface area (Å²) in [5.74, 6) is -0.812. The first kappa shape index (κ1) is 27.5. The van der Waals surface area contributed by atoms with Crippen molar-refractivity contribution in [3.63, 3.8) is 0 Å². The number of carbonyl (C=O) groups is 4. The van der Waals surface area contributed by atoms with Crippen molar-refractivity contribution in [2.75, 3.05) is 13.2 Å². The van der Waals surface area contributed by atoms with Crippen LogP contribution in [0.15, 0.2) is 48.5 Å². The van der Waals surface area contributed by atoms with Gasteiger partial charge < -0.3 is 9.47 Å². The van der Waals surface area contributed by atoms with Crippen LogP contribution in [0, 0.1) is 0 Å². The fourth-order valence-electron chi connectivity index (χ4n) is 3.24. The molecule has 34 heavy (non-hydrogen) atoms. The highest BCUT2D eigenvalue weighted by Crippen LogP contribution is 2.12. The number of carbonyl (C=O) groups excluding carboxylic acids is 4. The summed E-state index contributed by atoms with van der Waals surface area (Å²) in [6.45, 7) is 0.733. The number of hydrogen-bond acceptors (Lipinski definition) is 6. The summed E-state index contributed by atoms with van der Waals surface area (Å²) in [6.07, 6.45) is 7.93. The third-order valence-electron chi connectivity index (χ3n) is 5.20. The molecule has 0 aliphatic heterocycles. The number of halogens is 2. The summed E-state index contributed by atoms with van der Waals surface area (Å²) in [6, 6.07) is 12.1. The minimum Gasteiger partial charge on any atom is -0.462 e. The van der Waals surface area contributed by atoms with Crippen LogP contribution in [0.5, 0.6) is 0 Å². The van der Waals surface area contributed by atoms with E-state index in [9.17, 15) is 19.2 Å². The van der Waals surface area contributed by atoms with E-state index in [0.717, 1.165) is 51.4 Å². The highest BCUT2D eigenvalue weighted by Gasteiger charge is 2.09. The Bertz CT molecular complexity index is 875. The van der Waals surface area contributed by atoms with Crippen LogP contribution in [0.4, 0.5) is 0 Å². The van der Waals surface area contributed by atoms with Crippen molar-refractivity contribution < 1.29 is 28.7 Å². The Labute approximate surface area is 209 Å². The van der Waals surface area contributed by atoms with Crippen molar-refractivity contribution >= 4 is 45.6 Å². The summed E-state index contributed by atoms with van der Waals surface area (Å²) in [5.41, 5.74) is 1.47. The van der Waals surface area contributed by atoms with Crippen LogP contribution in [-0.2, 0) is 9.47 Å². The molecule has 0 aliphatic rings. The molecule has 0 saturated heterocycles. The zero-order valence-corrected chi connectivity index (χ0v) is 20.4. The van der Waals surface area contributed by atoms with Crippen molar-refractivity contribution in [3.05, 3.63) is 70.8 Å². The molecular weight excluding hydrogens is 479 g/mol. The molecule has 0 atom stereocenters. The lowest BCUT2D eigenvalue weighted by atomic mass is 10.1. The second kappa shape index (κ2) is 15.3. The highest BCUT2D eigenvalue weighted by molar-refractivity contribution is 6.68. The number of hydrogen-bond donors (Lipinski definition) is 0. The van der Waals surface area contributed by atoms with Gasteiger partial charge in [-0.25, -0.2) is 9.59 Å². The van der Waals surface area contributed by atoms with E-state index in [1.807, 2.05) is 0 Å². The third-order valence-corrected chi connectivity index (χ3v) is 5.64. The minimum absolute atomic E-state index is 0.340. The first-order valence-electron chi connectivity index (χ1n) is 11.3. The third kappa shape index (κ3) is 10.1. The molecule has 2 aromatic carbocycles. The summed E-state index contributed by atoms with van der Waals surface area (Å²) < 4.78 is 10.5. The van der Waals surface area contributed by atoms with Crippen molar-refractivity contribution in [2.24, 2.45) is 0 Å². The summed E-state index contributed by atoms with van der Waals surface area (Å²) in [7, 11) is 0. The molecule has 0 unspecified atom stereocenters. The molecule has 6 nitrogen and oxygen atoms in total. The summed E-state index contributed by atoms with van der Waals surface area (Å²) in [5, 5.41) is -1.12. The average Bonchev–Trinajstić information content (AvgIpc) is 2.84. The number of ether oxygens (including phenoxy) is 2. The number of benzene rings is 2. The molecule has 182 valence electrons. The van der Waals surface area contributed by atoms with Crippen LogP contribution in [0.3, 0.4) is 0 Å². The Morgan fingerprint density at radius 3 is 1.03 bits per heavy atom. The van der Waals surface area contributed by atoms with Gasteiger partial charge in [0.25, 0.3) is 10.5 Å². The molecule has 2 rings (SSSR count). The van der Waals surface area contributed by atoms with Crippen LogP contribution >= 0.6 is 23.2 Å². The lowest BCUT2D eigenvalue weighted by molar-refractivity contribution is 0.0487. The van der Waals surface area contributed by atoms with Crippen LogP contribution in [0.25, 0.3) is 0 Å². The van der Waals surface area contributed by atoms with E-state index in [0.29, 0.717) is 35.5 Å². The number of esters is 2. The Hall–Kier alpha value is -2.70. The van der Waals surface area contributed by atoms with Crippen LogP contribution in [-0.4, -0.2) is 35.6 Å². The topological polar surface area (TPSA) is 86.7 Å². The lowest BCUT2D eigenvalue weighted by Crippen LogP contribution is -2.07. The van der Waals surface area contributed by atoms with Crippen molar-refractivity contribution in [1.29, 1.82) is 0 Å². The average molecular weight is 507 g/mol. The van der Waals surface area contributed by atoms with Gasteiger partial charge in [-0.1, -0.05) is 38.5 Å². The van der Waals surface area contributed by atoms with E-state index in [1.54, 1.807) is 0 Å². The van der Waals surface area contributed by atoms with Crippen molar-refractivity contribution in [1.82, 2.24) is 0 Å². The first-order valence-corrected chi connectivity index (χ1v) is 12.1. The van der Waals surface area contributed by atoms with Gasteiger partial charge in [0.15, 0.2) is 0 Å². The molecule has 0 saturated carbocycles. The molecule has 0 heterocycles. The maximum absolute atomic E-state index is 12.0. The van der Waals surface area contributed by atoms with Crippen LogP contribution in [0.1, 0.15) is 92.8 Å². The fraction of sp³-hybridized carbons (Fsp3) is 0.385. The Balaban J connectivity index is 1.43. The Kier molecular flexibility index (Phi) is 12.4. The van der Waals surface area contributed by atoms with Gasteiger partial charge in [0, 0.05) is 11.1 Å². The van der Waals surface area contributed by atoms with Gasteiger partial charge in [0.1, 0.15) is 0 Å². The Morgan fingerprint density at radius 1 is 0.471 bits per heavy atom. The van der Waals surface area contributed by atoms with Gasteiger partial charge >= 0.3 is 11.9 Å². The summed E-state index contributed by atoms with van der Waals surface area (Å²) in [4.78, 5) is 46.0. The van der Waals surface area contributed by atoms with E-state index in [4.69, 9.17) is 32.7 Å². The molecule has 0 fully saturated rings. The highest BCUT2D eigenvalue weighted by atomic mass is 35.5. The van der Waals surface area contributed by atoms with Gasteiger partial charge in [-0.2, -0.15) is 0 Å². The molecule has 0 aromatic heterocycles. The van der Waals surface area contributed by atoms with Crippen molar-refractivity contribution in [3.8, 4) is 0 Å². The van der Waals surface area contributed by atoms with Gasteiger partial charge in [-0.05, 0) is 84.6 Å². The lowest BCUT2D eigenvalue weighted by Gasteiger charge is -2.06. The van der Waals surface area contributed by atoms with Crippen LogP contribution in [0.2, 0.25) is 0 Å². The molecule has 8 heteroatoms. The SMILES string of the molecule is O=C(Cl)c1ccc(C(=O)OCCCCCCCCCCOC(=O)c2ccc(C(=O)Cl)cc2)cc1. The van der Waals surface area contributed by atoms with Gasteiger partial charge in [0.05, 0.1) is 24.3 Å². The molecular formula is C26H28Cl2O6. The van der Waals surface area contributed by atoms with Gasteiger partial charge in [-0.3, -0.25) is 9.59 Å².